The minimum atomic E-state index is -0.196. The number of hydrogen-bond acceptors (Lipinski definition) is 5. The molecule has 0 saturated carbocycles. The highest BCUT2D eigenvalue weighted by Gasteiger charge is 2.26. The average Bonchev–Trinajstić information content (AvgIpc) is 2.99. The van der Waals surface area contributed by atoms with Crippen molar-refractivity contribution in [2.24, 2.45) is 0 Å². The van der Waals surface area contributed by atoms with Crippen molar-refractivity contribution in [3.63, 3.8) is 0 Å². The number of aromatic nitrogens is 4. The van der Waals surface area contributed by atoms with Crippen molar-refractivity contribution in [2.75, 3.05) is 19.7 Å². The molecule has 7 heteroatoms. The maximum atomic E-state index is 12.3. The largest absolute Gasteiger partial charge is 0.368 e. The summed E-state index contributed by atoms with van der Waals surface area (Å²) < 4.78 is 7.50. The van der Waals surface area contributed by atoms with Crippen molar-refractivity contribution in [2.45, 2.75) is 26.0 Å². The second-order valence-corrected chi connectivity index (χ2v) is 5.30. The number of aryl methyl sites for hydroxylation is 2. The Morgan fingerprint density at radius 2 is 2.36 bits per heavy atom. The zero-order valence-corrected chi connectivity index (χ0v) is 12.6. The number of rotatable bonds is 4. The molecule has 3 heterocycles. The van der Waals surface area contributed by atoms with Crippen LogP contribution in [0.1, 0.15) is 23.9 Å². The molecule has 2 aromatic rings. The van der Waals surface area contributed by atoms with E-state index in [1.807, 2.05) is 24.1 Å². The minimum absolute atomic E-state index is 0.116. The van der Waals surface area contributed by atoms with Crippen molar-refractivity contribution >= 4 is 5.91 Å². The van der Waals surface area contributed by atoms with Gasteiger partial charge in [0.05, 0.1) is 30.7 Å². The summed E-state index contributed by atoms with van der Waals surface area (Å²) in [7, 11) is 0. The maximum Gasteiger partial charge on any atom is 0.224 e. The molecule has 1 unspecified atom stereocenters. The van der Waals surface area contributed by atoms with Crippen LogP contribution in [0.25, 0.3) is 0 Å². The molecule has 1 saturated heterocycles. The van der Waals surface area contributed by atoms with E-state index in [0.717, 1.165) is 11.4 Å². The van der Waals surface area contributed by atoms with E-state index in [0.29, 0.717) is 32.7 Å². The van der Waals surface area contributed by atoms with Crippen molar-refractivity contribution in [3.8, 4) is 0 Å². The smallest absolute Gasteiger partial charge is 0.224 e. The van der Waals surface area contributed by atoms with Gasteiger partial charge in [-0.3, -0.25) is 19.4 Å². The van der Waals surface area contributed by atoms with Crippen LogP contribution in [0, 0.1) is 6.92 Å². The molecular formula is C15H19N5O2. The molecule has 22 heavy (non-hydrogen) atoms. The summed E-state index contributed by atoms with van der Waals surface area (Å²) in [5, 5.41) is 4.29. The third-order valence-electron chi connectivity index (χ3n) is 3.66. The van der Waals surface area contributed by atoms with Crippen LogP contribution in [-0.4, -0.2) is 50.3 Å². The van der Waals surface area contributed by atoms with Crippen LogP contribution in [0.3, 0.4) is 0 Å². The molecule has 0 N–H and O–H groups in total. The second-order valence-electron chi connectivity index (χ2n) is 5.30. The number of carbonyl (C=O) groups excluding carboxylic acids is 1. The van der Waals surface area contributed by atoms with Gasteiger partial charge in [-0.2, -0.15) is 5.10 Å². The quantitative estimate of drug-likeness (QED) is 0.841. The number of ether oxygens (including phenoxy) is 1. The standard InChI is InChI=1S/C15H19N5O2/c1-12-2-6-20(18-12)7-3-15(21)19-8-9-22-14(11-19)13-10-16-4-5-17-13/h2,4-6,10,14H,3,7-9,11H2,1H3. The highest BCUT2D eigenvalue weighted by Crippen LogP contribution is 2.20. The normalized spacial score (nSPS) is 18.4. The Balaban J connectivity index is 1.56. The Morgan fingerprint density at radius 3 is 3.09 bits per heavy atom. The summed E-state index contributed by atoms with van der Waals surface area (Å²) in [6, 6.07) is 1.93. The lowest BCUT2D eigenvalue weighted by Crippen LogP contribution is -2.42. The third kappa shape index (κ3) is 3.48. The van der Waals surface area contributed by atoms with E-state index in [4.69, 9.17) is 4.74 Å². The van der Waals surface area contributed by atoms with Crippen LogP contribution < -0.4 is 0 Å². The molecular weight excluding hydrogens is 282 g/mol. The first-order chi connectivity index (χ1) is 10.7. The Labute approximate surface area is 128 Å². The van der Waals surface area contributed by atoms with Crippen molar-refractivity contribution in [1.82, 2.24) is 24.6 Å². The van der Waals surface area contributed by atoms with Gasteiger partial charge in [0.15, 0.2) is 0 Å². The van der Waals surface area contributed by atoms with Gasteiger partial charge in [0, 0.05) is 38.1 Å². The summed E-state index contributed by atoms with van der Waals surface area (Å²) in [6.45, 7) is 4.20. The number of hydrogen-bond donors (Lipinski definition) is 0. The van der Waals surface area contributed by atoms with Gasteiger partial charge in [-0.05, 0) is 13.0 Å². The van der Waals surface area contributed by atoms with Crippen molar-refractivity contribution in [3.05, 3.63) is 42.2 Å². The predicted molar refractivity (Wildman–Crippen MR) is 78.9 cm³/mol. The topological polar surface area (TPSA) is 73.1 Å². The Kier molecular flexibility index (Phi) is 4.43. The molecule has 1 amide bonds. The molecule has 2 aromatic heterocycles. The maximum absolute atomic E-state index is 12.3. The Bertz CT molecular complexity index is 628. The Hall–Kier alpha value is -2.28. The highest BCUT2D eigenvalue weighted by atomic mass is 16.5. The molecule has 1 fully saturated rings. The summed E-state index contributed by atoms with van der Waals surface area (Å²) in [5.74, 6) is 0.116. The molecule has 7 nitrogen and oxygen atoms in total. The van der Waals surface area contributed by atoms with Gasteiger partial charge in [0.1, 0.15) is 6.10 Å². The van der Waals surface area contributed by atoms with Crippen molar-refractivity contribution < 1.29 is 9.53 Å². The van der Waals surface area contributed by atoms with E-state index in [-0.39, 0.29) is 12.0 Å². The van der Waals surface area contributed by atoms with Crippen molar-refractivity contribution in [1.29, 1.82) is 0 Å². The number of morpholine rings is 1. The van der Waals surface area contributed by atoms with Crippen LogP contribution in [-0.2, 0) is 16.1 Å². The van der Waals surface area contributed by atoms with E-state index < -0.39 is 0 Å². The fourth-order valence-electron chi connectivity index (χ4n) is 2.49. The predicted octanol–water partition coefficient (Wildman–Crippen LogP) is 0.972. The molecule has 1 aliphatic heterocycles. The zero-order chi connectivity index (χ0) is 15.4. The SMILES string of the molecule is Cc1ccn(CCC(=O)N2CCOC(c3cnccn3)C2)n1. The van der Waals surface area contributed by atoms with Gasteiger partial charge in [-0.25, -0.2) is 0 Å². The van der Waals surface area contributed by atoms with E-state index in [1.54, 1.807) is 23.3 Å². The van der Waals surface area contributed by atoms with Gasteiger partial charge in [0.25, 0.3) is 0 Å². The van der Waals surface area contributed by atoms with Gasteiger partial charge >= 0.3 is 0 Å². The first kappa shape index (κ1) is 14.6. The van der Waals surface area contributed by atoms with Crippen LogP contribution in [0.4, 0.5) is 0 Å². The minimum Gasteiger partial charge on any atom is -0.368 e. The molecule has 0 bridgehead atoms. The van der Waals surface area contributed by atoms with E-state index in [1.165, 1.54) is 0 Å². The van der Waals surface area contributed by atoms with Gasteiger partial charge in [-0.1, -0.05) is 0 Å². The highest BCUT2D eigenvalue weighted by molar-refractivity contribution is 5.76. The van der Waals surface area contributed by atoms with Gasteiger partial charge in [-0.15, -0.1) is 0 Å². The van der Waals surface area contributed by atoms with Crippen LogP contribution in [0.5, 0.6) is 0 Å². The number of nitrogens with zero attached hydrogens (tertiary/aromatic N) is 5. The summed E-state index contributed by atoms with van der Waals surface area (Å²) in [5.41, 5.74) is 1.73. The number of amides is 1. The van der Waals surface area contributed by atoms with E-state index >= 15 is 0 Å². The Morgan fingerprint density at radius 1 is 1.45 bits per heavy atom. The lowest BCUT2D eigenvalue weighted by atomic mass is 10.2. The molecule has 1 aliphatic rings. The zero-order valence-electron chi connectivity index (χ0n) is 12.6. The van der Waals surface area contributed by atoms with Crippen LogP contribution in [0.2, 0.25) is 0 Å². The fraction of sp³-hybridized carbons (Fsp3) is 0.467. The van der Waals surface area contributed by atoms with Gasteiger partial charge in [0.2, 0.25) is 5.91 Å². The molecule has 0 aliphatic carbocycles. The molecule has 3 rings (SSSR count). The molecule has 0 aromatic carbocycles. The first-order valence-electron chi connectivity index (χ1n) is 7.38. The van der Waals surface area contributed by atoms with E-state index in [9.17, 15) is 4.79 Å². The summed E-state index contributed by atoms with van der Waals surface area (Å²) in [4.78, 5) is 22.5. The van der Waals surface area contributed by atoms with Crippen LogP contribution >= 0.6 is 0 Å². The first-order valence-corrected chi connectivity index (χ1v) is 7.38. The molecule has 0 radical (unpaired) electrons. The molecule has 0 spiro atoms. The average molecular weight is 301 g/mol. The summed E-state index contributed by atoms with van der Waals surface area (Å²) in [6.07, 6.45) is 7.09. The molecule has 116 valence electrons. The lowest BCUT2D eigenvalue weighted by Gasteiger charge is -2.32. The fourth-order valence-corrected chi connectivity index (χ4v) is 2.49. The van der Waals surface area contributed by atoms with E-state index in [2.05, 4.69) is 15.1 Å². The lowest BCUT2D eigenvalue weighted by molar-refractivity contribution is -0.139. The number of carbonyl (C=O) groups is 1. The monoisotopic (exact) mass is 301 g/mol. The second kappa shape index (κ2) is 6.65. The summed E-state index contributed by atoms with van der Waals surface area (Å²) >= 11 is 0. The van der Waals surface area contributed by atoms with Gasteiger partial charge < -0.3 is 9.64 Å². The third-order valence-corrected chi connectivity index (χ3v) is 3.66. The molecule has 1 atom stereocenters. The van der Waals surface area contributed by atoms with Crippen LogP contribution in [0.15, 0.2) is 30.9 Å².